The molecule has 146 valence electrons. The van der Waals surface area contributed by atoms with E-state index in [0.29, 0.717) is 18.1 Å². The van der Waals surface area contributed by atoms with Gasteiger partial charge in [0.05, 0.1) is 6.54 Å². The number of hydrogen-bond donors (Lipinski definition) is 1. The molecular weight excluding hydrogens is 374 g/mol. The molecule has 0 saturated carbocycles. The van der Waals surface area contributed by atoms with Crippen LogP contribution in [-0.2, 0) is 9.59 Å². The molecule has 28 heavy (non-hydrogen) atoms. The second-order valence-corrected chi connectivity index (χ2v) is 7.20. The Kier molecular flexibility index (Phi) is 6.71. The van der Waals surface area contributed by atoms with Crippen molar-refractivity contribution in [1.29, 1.82) is 0 Å². The number of benzene rings is 2. The third-order valence-electron chi connectivity index (χ3n) is 4.80. The molecular formula is C22H24ClN3O2. The molecule has 0 bridgehead atoms. The van der Waals surface area contributed by atoms with Crippen molar-refractivity contribution in [3.63, 3.8) is 0 Å². The lowest BCUT2D eigenvalue weighted by Crippen LogP contribution is -2.51. The molecule has 6 heteroatoms. The second kappa shape index (κ2) is 9.42. The summed E-state index contributed by atoms with van der Waals surface area (Å²) in [7, 11) is 0. The summed E-state index contributed by atoms with van der Waals surface area (Å²) in [4.78, 5) is 28.5. The summed E-state index contributed by atoms with van der Waals surface area (Å²) in [6.07, 6.45) is 1.53. The Morgan fingerprint density at radius 2 is 1.75 bits per heavy atom. The molecule has 1 aliphatic heterocycles. The van der Waals surface area contributed by atoms with Gasteiger partial charge in [-0.05, 0) is 36.3 Å². The molecule has 1 heterocycles. The van der Waals surface area contributed by atoms with Gasteiger partial charge in [-0.15, -0.1) is 0 Å². The fourth-order valence-electron chi connectivity index (χ4n) is 3.19. The zero-order valence-electron chi connectivity index (χ0n) is 15.9. The van der Waals surface area contributed by atoms with E-state index in [1.807, 2.05) is 61.5 Å². The predicted octanol–water partition coefficient (Wildman–Crippen LogP) is 3.21. The zero-order chi connectivity index (χ0) is 19.9. The van der Waals surface area contributed by atoms with Crippen LogP contribution in [0.15, 0.2) is 60.7 Å². The standard InChI is InChI=1S/C22H24ClN3O2/c1-17(18-6-3-2-4-7-18)14-21(27)24-16-22(28)26-12-10-25(11-13-26)20-9-5-8-19(23)15-20/h2-9,14-15H,10-13,16H2,1H3,(H,24,27)/b17-14-. The average Bonchev–Trinajstić information content (AvgIpc) is 2.72. The molecule has 2 aromatic rings. The van der Waals surface area contributed by atoms with Crippen LogP contribution in [0.4, 0.5) is 5.69 Å². The van der Waals surface area contributed by atoms with E-state index in [9.17, 15) is 9.59 Å². The van der Waals surface area contributed by atoms with Crippen LogP contribution in [0.25, 0.3) is 5.57 Å². The number of carbonyl (C=O) groups is 2. The Morgan fingerprint density at radius 3 is 2.43 bits per heavy atom. The van der Waals surface area contributed by atoms with Crippen molar-refractivity contribution in [3.05, 3.63) is 71.3 Å². The number of nitrogens with zero attached hydrogens (tertiary/aromatic N) is 2. The van der Waals surface area contributed by atoms with Crippen LogP contribution in [0.5, 0.6) is 0 Å². The molecule has 0 atom stereocenters. The lowest BCUT2D eigenvalue weighted by molar-refractivity contribution is -0.132. The van der Waals surface area contributed by atoms with Crippen molar-refractivity contribution in [2.24, 2.45) is 0 Å². The van der Waals surface area contributed by atoms with Crippen LogP contribution < -0.4 is 10.2 Å². The highest BCUT2D eigenvalue weighted by Crippen LogP contribution is 2.20. The second-order valence-electron chi connectivity index (χ2n) is 6.76. The maximum absolute atomic E-state index is 12.4. The number of carbonyl (C=O) groups excluding carboxylic acids is 2. The molecule has 0 aliphatic carbocycles. The first-order valence-corrected chi connectivity index (χ1v) is 9.70. The Hall–Kier alpha value is -2.79. The van der Waals surface area contributed by atoms with Gasteiger partial charge in [0.1, 0.15) is 0 Å². The smallest absolute Gasteiger partial charge is 0.244 e. The van der Waals surface area contributed by atoms with E-state index in [2.05, 4.69) is 10.2 Å². The number of rotatable bonds is 5. The fourth-order valence-corrected chi connectivity index (χ4v) is 3.38. The first kappa shape index (κ1) is 20.0. The Labute approximate surface area is 170 Å². The summed E-state index contributed by atoms with van der Waals surface area (Å²) < 4.78 is 0. The van der Waals surface area contributed by atoms with Crippen LogP contribution in [0, 0.1) is 0 Å². The summed E-state index contributed by atoms with van der Waals surface area (Å²) >= 11 is 6.05. The van der Waals surface area contributed by atoms with Crippen molar-refractivity contribution in [1.82, 2.24) is 10.2 Å². The number of allylic oxidation sites excluding steroid dienone is 1. The normalized spacial score (nSPS) is 14.7. The third kappa shape index (κ3) is 5.36. The van der Waals surface area contributed by atoms with E-state index < -0.39 is 0 Å². The van der Waals surface area contributed by atoms with Gasteiger partial charge < -0.3 is 15.1 Å². The minimum atomic E-state index is -0.257. The number of hydrogen-bond acceptors (Lipinski definition) is 3. The van der Waals surface area contributed by atoms with Crippen molar-refractivity contribution >= 4 is 34.7 Å². The van der Waals surface area contributed by atoms with Crippen LogP contribution in [0.3, 0.4) is 0 Å². The number of nitrogens with one attached hydrogen (secondary N) is 1. The summed E-state index contributed by atoms with van der Waals surface area (Å²) in [6, 6.07) is 17.4. The molecule has 2 amide bonds. The zero-order valence-corrected chi connectivity index (χ0v) is 16.7. The maximum atomic E-state index is 12.4. The van der Waals surface area contributed by atoms with Gasteiger partial charge in [-0.1, -0.05) is 48.0 Å². The van der Waals surface area contributed by atoms with Gasteiger partial charge >= 0.3 is 0 Å². The van der Waals surface area contributed by atoms with Gasteiger partial charge in [0.2, 0.25) is 11.8 Å². The first-order chi connectivity index (χ1) is 13.5. The molecule has 1 saturated heterocycles. The van der Waals surface area contributed by atoms with Gasteiger partial charge in [0, 0.05) is 43.0 Å². The van der Waals surface area contributed by atoms with E-state index in [1.54, 1.807) is 4.90 Å². The molecule has 0 aromatic heterocycles. The maximum Gasteiger partial charge on any atom is 0.244 e. The quantitative estimate of drug-likeness (QED) is 0.788. The molecule has 3 rings (SSSR count). The molecule has 1 N–H and O–H groups in total. The number of amides is 2. The van der Waals surface area contributed by atoms with Crippen LogP contribution in [-0.4, -0.2) is 49.4 Å². The van der Waals surface area contributed by atoms with Gasteiger partial charge in [-0.25, -0.2) is 0 Å². The van der Waals surface area contributed by atoms with Gasteiger partial charge in [0.25, 0.3) is 0 Å². The summed E-state index contributed by atoms with van der Waals surface area (Å²) in [5.74, 6) is -0.322. The van der Waals surface area contributed by atoms with E-state index in [0.717, 1.165) is 29.9 Å². The van der Waals surface area contributed by atoms with Crippen molar-refractivity contribution in [3.8, 4) is 0 Å². The largest absolute Gasteiger partial charge is 0.368 e. The summed E-state index contributed by atoms with van der Waals surface area (Å²) in [5.41, 5.74) is 2.91. The number of halogens is 1. The number of anilines is 1. The van der Waals surface area contributed by atoms with Crippen molar-refractivity contribution in [2.45, 2.75) is 6.92 Å². The third-order valence-corrected chi connectivity index (χ3v) is 5.03. The minimum absolute atomic E-state index is 0.00850. The molecule has 1 fully saturated rings. The number of piperazine rings is 1. The lowest BCUT2D eigenvalue weighted by atomic mass is 10.1. The SMILES string of the molecule is C/C(=C/C(=O)NCC(=O)N1CCN(c2cccc(Cl)c2)CC1)c1ccccc1. The van der Waals surface area contributed by atoms with E-state index in [-0.39, 0.29) is 18.4 Å². The molecule has 0 unspecified atom stereocenters. The summed E-state index contributed by atoms with van der Waals surface area (Å²) in [5, 5.41) is 3.40. The highest BCUT2D eigenvalue weighted by molar-refractivity contribution is 6.30. The Bertz CT molecular complexity index is 859. The fraction of sp³-hybridized carbons (Fsp3) is 0.273. The van der Waals surface area contributed by atoms with Gasteiger partial charge in [-0.2, -0.15) is 0 Å². The van der Waals surface area contributed by atoms with Gasteiger partial charge in [-0.3, -0.25) is 9.59 Å². The minimum Gasteiger partial charge on any atom is -0.368 e. The molecule has 1 aliphatic rings. The van der Waals surface area contributed by atoms with Crippen LogP contribution in [0.2, 0.25) is 5.02 Å². The first-order valence-electron chi connectivity index (χ1n) is 9.33. The van der Waals surface area contributed by atoms with Crippen LogP contribution in [0.1, 0.15) is 12.5 Å². The monoisotopic (exact) mass is 397 g/mol. The molecule has 0 spiro atoms. The van der Waals surface area contributed by atoms with E-state index in [1.165, 1.54) is 6.08 Å². The van der Waals surface area contributed by atoms with Crippen molar-refractivity contribution in [2.75, 3.05) is 37.6 Å². The van der Waals surface area contributed by atoms with Crippen LogP contribution >= 0.6 is 11.6 Å². The Morgan fingerprint density at radius 1 is 1.04 bits per heavy atom. The summed E-state index contributed by atoms with van der Waals surface area (Å²) in [6.45, 7) is 4.63. The predicted molar refractivity (Wildman–Crippen MR) is 113 cm³/mol. The molecule has 2 aromatic carbocycles. The lowest BCUT2D eigenvalue weighted by Gasteiger charge is -2.36. The highest BCUT2D eigenvalue weighted by Gasteiger charge is 2.21. The molecule has 0 radical (unpaired) electrons. The highest BCUT2D eigenvalue weighted by atomic mass is 35.5. The average molecular weight is 398 g/mol. The van der Waals surface area contributed by atoms with Crippen molar-refractivity contribution < 1.29 is 9.59 Å². The van der Waals surface area contributed by atoms with Gasteiger partial charge in [0.15, 0.2) is 0 Å². The van der Waals surface area contributed by atoms with E-state index >= 15 is 0 Å². The topological polar surface area (TPSA) is 52.7 Å². The van der Waals surface area contributed by atoms with E-state index in [4.69, 9.17) is 11.6 Å². The Balaban J connectivity index is 1.46. The molecule has 5 nitrogen and oxygen atoms in total.